The van der Waals surface area contributed by atoms with Crippen LogP contribution in [-0.2, 0) is 16.4 Å². The van der Waals surface area contributed by atoms with E-state index < -0.39 is 10.0 Å². The molecule has 23 heavy (non-hydrogen) atoms. The lowest BCUT2D eigenvalue weighted by Gasteiger charge is -2.30. The van der Waals surface area contributed by atoms with Gasteiger partial charge in [-0.25, -0.2) is 8.42 Å². The third-order valence-corrected chi connectivity index (χ3v) is 5.80. The summed E-state index contributed by atoms with van der Waals surface area (Å²) in [5, 5.41) is 2.58. The predicted octanol–water partition coefficient (Wildman–Crippen LogP) is 2.19. The number of sulfonamides is 1. The molecular weight excluding hydrogens is 312 g/mol. The van der Waals surface area contributed by atoms with E-state index in [0.717, 1.165) is 18.4 Å². The molecule has 1 N–H and O–H groups in total. The van der Waals surface area contributed by atoms with Gasteiger partial charge in [0.25, 0.3) is 15.9 Å². The van der Waals surface area contributed by atoms with E-state index >= 15 is 0 Å². The van der Waals surface area contributed by atoms with Crippen LogP contribution in [0.1, 0.15) is 22.3 Å². The number of hydrogen-bond acceptors (Lipinski definition) is 3. The van der Waals surface area contributed by atoms with Gasteiger partial charge in [-0.3, -0.25) is 9.10 Å². The van der Waals surface area contributed by atoms with Crippen LogP contribution in [0.15, 0.2) is 53.4 Å². The third-order valence-electron chi connectivity index (χ3n) is 3.98. The van der Waals surface area contributed by atoms with Gasteiger partial charge in [-0.05, 0) is 48.7 Å². The summed E-state index contributed by atoms with van der Waals surface area (Å²) in [6.07, 6.45) is 1.50. The minimum absolute atomic E-state index is 0.171. The van der Waals surface area contributed by atoms with Crippen LogP contribution >= 0.6 is 0 Å². The zero-order valence-electron chi connectivity index (χ0n) is 12.8. The smallest absolute Gasteiger partial charge is 0.264 e. The average molecular weight is 330 g/mol. The van der Waals surface area contributed by atoms with E-state index in [1.165, 1.54) is 4.31 Å². The molecule has 2 aromatic carbocycles. The number of benzene rings is 2. The summed E-state index contributed by atoms with van der Waals surface area (Å²) in [6.45, 7) is 0.448. The molecule has 1 amide bonds. The Balaban J connectivity index is 2.04. The fourth-order valence-corrected chi connectivity index (χ4v) is 4.38. The molecule has 6 heteroatoms. The van der Waals surface area contributed by atoms with Crippen LogP contribution in [0.25, 0.3) is 0 Å². The molecule has 0 atom stereocenters. The summed E-state index contributed by atoms with van der Waals surface area (Å²) < 4.78 is 27.2. The number of nitrogens with one attached hydrogen (secondary N) is 1. The highest BCUT2D eigenvalue weighted by molar-refractivity contribution is 7.92. The summed E-state index contributed by atoms with van der Waals surface area (Å²) in [6, 6.07) is 13.6. The average Bonchev–Trinajstić information content (AvgIpc) is 2.60. The van der Waals surface area contributed by atoms with Gasteiger partial charge in [0, 0.05) is 19.2 Å². The third kappa shape index (κ3) is 2.82. The molecule has 3 rings (SSSR count). The monoisotopic (exact) mass is 330 g/mol. The van der Waals surface area contributed by atoms with Gasteiger partial charge in [0.2, 0.25) is 0 Å². The number of amides is 1. The molecule has 0 spiro atoms. The zero-order valence-corrected chi connectivity index (χ0v) is 13.6. The number of anilines is 1. The number of hydrogen-bond donors (Lipinski definition) is 1. The van der Waals surface area contributed by atoms with E-state index in [1.54, 1.807) is 55.6 Å². The molecule has 0 radical (unpaired) electrons. The summed E-state index contributed by atoms with van der Waals surface area (Å²) in [7, 11) is -2.00. The molecule has 0 unspecified atom stereocenters. The molecule has 1 aliphatic heterocycles. The van der Waals surface area contributed by atoms with Gasteiger partial charge < -0.3 is 5.32 Å². The topological polar surface area (TPSA) is 66.5 Å². The molecule has 0 saturated carbocycles. The van der Waals surface area contributed by atoms with Crippen molar-refractivity contribution in [2.24, 2.45) is 0 Å². The summed E-state index contributed by atoms with van der Waals surface area (Å²) in [5.74, 6) is -0.171. The second kappa shape index (κ2) is 6.04. The lowest BCUT2D eigenvalue weighted by Crippen LogP contribution is -2.35. The van der Waals surface area contributed by atoms with E-state index in [-0.39, 0.29) is 10.8 Å². The Kier molecular flexibility index (Phi) is 4.09. The van der Waals surface area contributed by atoms with E-state index in [2.05, 4.69) is 5.32 Å². The van der Waals surface area contributed by atoms with Crippen molar-refractivity contribution in [1.29, 1.82) is 0 Å². The van der Waals surface area contributed by atoms with Crippen LogP contribution in [0.4, 0.5) is 5.69 Å². The second-order valence-electron chi connectivity index (χ2n) is 5.42. The van der Waals surface area contributed by atoms with Gasteiger partial charge in [0.05, 0.1) is 10.6 Å². The molecule has 120 valence electrons. The first-order chi connectivity index (χ1) is 11.0. The second-order valence-corrected chi connectivity index (χ2v) is 7.28. The van der Waals surface area contributed by atoms with E-state index in [4.69, 9.17) is 0 Å². The highest BCUT2D eigenvalue weighted by Gasteiger charge is 2.29. The first kappa shape index (κ1) is 15.6. The maximum atomic E-state index is 12.9. The Morgan fingerprint density at radius 1 is 1.13 bits per heavy atom. The number of rotatable bonds is 3. The first-order valence-electron chi connectivity index (χ1n) is 7.47. The number of carbonyl (C=O) groups is 1. The summed E-state index contributed by atoms with van der Waals surface area (Å²) >= 11 is 0. The normalized spacial score (nSPS) is 14.2. The van der Waals surface area contributed by atoms with Gasteiger partial charge in [0.15, 0.2) is 0 Å². The highest BCUT2D eigenvalue weighted by Crippen LogP contribution is 2.32. The summed E-state index contributed by atoms with van der Waals surface area (Å²) in [4.78, 5) is 12.0. The Labute approximate surface area is 136 Å². The largest absolute Gasteiger partial charge is 0.355 e. The van der Waals surface area contributed by atoms with Gasteiger partial charge in [-0.15, -0.1) is 0 Å². The van der Waals surface area contributed by atoms with Crippen molar-refractivity contribution < 1.29 is 13.2 Å². The number of carbonyl (C=O) groups excluding carboxylic acids is 1. The predicted molar refractivity (Wildman–Crippen MR) is 89.1 cm³/mol. The SMILES string of the molecule is CNC(=O)c1ccc2c(c1)CCCN2S(=O)(=O)c1ccccc1. The summed E-state index contributed by atoms with van der Waals surface area (Å²) in [5.41, 5.74) is 2.09. The lowest BCUT2D eigenvalue weighted by molar-refractivity contribution is 0.0963. The number of fused-ring (bicyclic) bond motifs is 1. The Hall–Kier alpha value is -2.34. The van der Waals surface area contributed by atoms with Gasteiger partial charge in [-0.1, -0.05) is 18.2 Å². The van der Waals surface area contributed by atoms with Crippen molar-refractivity contribution in [2.75, 3.05) is 17.9 Å². The fourth-order valence-electron chi connectivity index (χ4n) is 2.82. The van der Waals surface area contributed by atoms with Crippen molar-refractivity contribution in [3.8, 4) is 0 Å². The molecule has 0 saturated heterocycles. The lowest BCUT2D eigenvalue weighted by atomic mass is 10.0. The van der Waals surface area contributed by atoms with E-state index in [9.17, 15) is 13.2 Å². The van der Waals surface area contributed by atoms with Crippen LogP contribution in [0.3, 0.4) is 0 Å². The van der Waals surface area contributed by atoms with E-state index in [1.807, 2.05) is 0 Å². The van der Waals surface area contributed by atoms with Crippen LogP contribution in [0.2, 0.25) is 0 Å². The molecule has 5 nitrogen and oxygen atoms in total. The maximum absolute atomic E-state index is 12.9. The number of nitrogens with zero attached hydrogens (tertiary/aromatic N) is 1. The van der Waals surface area contributed by atoms with Crippen molar-refractivity contribution in [1.82, 2.24) is 5.32 Å². The molecule has 0 aliphatic carbocycles. The van der Waals surface area contributed by atoms with E-state index in [0.29, 0.717) is 17.8 Å². The van der Waals surface area contributed by atoms with Gasteiger partial charge in [-0.2, -0.15) is 0 Å². The molecule has 1 heterocycles. The van der Waals surface area contributed by atoms with Crippen LogP contribution in [0, 0.1) is 0 Å². The molecular formula is C17H18N2O3S. The maximum Gasteiger partial charge on any atom is 0.264 e. The van der Waals surface area contributed by atoms with Crippen molar-refractivity contribution in [2.45, 2.75) is 17.7 Å². The molecule has 2 aromatic rings. The molecule has 0 aromatic heterocycles. The Bertz CT molecular complexity index is 832. The Morgan fingerprint density at radius 3 is 2.57 bits per heavy atom. The quantitative estimate of drug-likeness (QED) is 0.938. The first-order valence-corrected chi connectivity index (χ1v) is 8.91. The fraction of sp³-hybridized carbons (Fsp3) is 0.235. The van der Waals surface area contributed by atoms with Crippen molar-refractivity contribution in [3.05, 3.63) is 59.7 Å². The van der Waals surface area contributed by atoms with Crippen molar-refractivity contribution >= 4 is 21.6 Å². The number of aryl methyl sites for hydroxylation is 1. The minimum atomic E-state index is -3.58. The molecule has 0 bridgehead atoms. The van der Waals surface area contributed by atoms with Crippen molar-refractivity contribution in [3.63, 3.8) is 0 Å². The van der Waals surface area contributed by atoms with Gasteiger partial charge in [0.1, 0.15) is 0 Å². The highest BCUT2D eigenvalue weighted by atomic mass is 32.2. The van der Waals surface area contributed by atoms with Crippen LogP contribution in [0.5, 0.6) is 0 Å². The standard InChI is InChI=1S/C17H18N2O3S/c1-18-17(20)14-9-10-16-13(12-14)6-5-11-19(16)23(21,22)15-7-3-2-4-8-15/h2-4,7-10,12H,5-6,11H2,1H3,(H,18,20). The molecule has 0 fully saturated rings. The molecule has 1 aliphatic rings. The van der Waals surface area contributed by atoms with Crippen LogP contribution in [-0.4, -0.2) is 27.9 Å². The zero-order chi connectivity index (χ0) is 16.4. The van der Waals surface area contributed by atoms with Crippen LogP contribution < -0.4 is 9.62 Å². The minimum Gasteiger partial charge on any atom is -0.355 e. The van der Waals surface area contributed by atoms with Gasteiger partial charge >= 0.3 is 0 Å². The Morgan fingerprint density at radius 2 is 1.87 bits per heavy atom.